The fourth-order valence-electron chi connectivity index (χ4n) is 3.21. The molecule has 138 valence electrons. The van der Waals surface area contributed by atoms with Crippen molar-refractivity contribution in [3.63, 3.8) is 0 Å². The smallest absolute Gasteiger partial charge is 0.237 e. The molecule has 0 saturated carbocycles. The SMILES string of the molecule is COc1cccc(CNC(=O)C(C)N2CCCC(C(=O)N(C)C)C2)c1. The van der Waals surface area contributed by atoms with Crippen LogP contribution in [-0.2, 0) is 16.1 Å². The third kappa shape index (κ3) is 5.19. The molecule has 1 aliphatic rings. The van der Waals surface area contributed by atoms with E-state index < -0.39 is 0 Å². The van der Waals surface area contributed by atoms with Crippen molar-refractivity contribution in [3.8, 4) is 5.75 Å². The Morgan fingerprint density at radius 1 is 1.40 bits per heavy atom. The number of carbonyl (C=O) groups is 2. The average molecular weight is 347 g/mol. The van der Waals surface area contributed by atoms with Crippen LogP contribution in [0.3, 0.4) is 0 Å². The Hall–Kier alpha value is -2.08. The molecule has 0 radical (unpaired) electrons. The zero-order valence-electron chi connectivity index (χ0n) is 15.6. The Labute approximate surface area is 150 Å². The topological polar surface area (TPSA) is 61.9 Å². The molecule has 1 aliphatic heterocycles. The number of piperidine rings is 1. The molecule has 2 unspecified atom stereocenters. The number of nitrogens with one attached hydrogen (secondary N) is 1. The predicted octanol–water partition coefficient (Wildman–Crippen LogP) is 1.50. The minimum atomic E-state index is -0.247. The van der Waals surface area contributed by atoms with E-state index in [-0.39, 0.29) is 23.8 Å². The van der Waals surface area contributed by atoms with Crippen molar-refractivity contribution in [2.45, 2.75) is 32.4 Å². The van der Waals surface area contributed by atoms with Crippen molar-refractivity contribution in [1.29, 1.82) is 0 Å². The molecular formula is C19H29N3O3. The molecule has 1 fully saturated rings. The Bertz CT molecular complexity index is 603. The molecule has 2 amide bonds. The zero-order valence-corrected chi connectivity index (χ0v) is 15.6. The normalized spacial score (nSPS) is 19.1. The number of likely N-dealkylation sites (tertiary alicyclic amines) is 1. The summed E-state index contributed by atoms with van der Waals surface area (Å²) in [4.78, 5) is 28.4. The van der Waals surface area contributed by atoms with E-state index in [1.807, 2.05) is 31.2 Å². The van der Waals surface area contributed by atoms with Crippen LogP contribution in [0.2, 0.25) is 0 Å². The number of methoxy groups -OCH3 is 1. The Kier molecular flexibility index (Phi) is 6.82. The average Bonchev–Trinajstić information content (AvgIpc) is 2.65. The largest absolute Gasteiger partial charge is 0.497 e. The van der Waals surface area contributed by atoms with Gasteiger partial charge in [0.25, 0.3) is 0 Å². The van der Waals surface area contributed by atoms with Crippen molar-refractivity contribution in [1.82, 2.24) is 15.1 Å². The minimum Gasteiger partial charge on any atom is -0.497 e. The maximum atomic E-state index is 12.5. The monoisotopic (exact) mass is 347 g/mol. The van der Waals surface area contributed by atoms with Gasteiger partial charge in [0.05, 0.1) is 19.1 Å². The Morgan fingerprint density at radius 3 is 2.84 bits per heavy atom. The van der Waals surface area contributed by atoms with Crippen LogP contribution in [-0.4, -0.2) is 62.0 Å². The number of amides is 2. The van der Waals surface area contributed by atoms with E-state index in [1.54, 1.807) is 26.1 Å². The lowest BCUT2D eigenvalue weighted by atomic mass is 9.95. The quantitative estimate of drug-likeness (QED) is 0.847. The van der Waals surface area contributed by atoms with Gasteiger partial charge in [0, 0.05) is 27.2 Å². The summed E-state index contributed by atoms with van der Waals surface area (Å²) in [6.07, 6.45) is 1.84. The first-order valence-corrected chi connectivity index (χ1v) is 8.78. The highest BCUT2D eigenvalue weighted by Crippen LogP contribution is 2.20. The van der Waals surface area contributed by atoms with Gasteiger partial charge in [-0.2, -0.15) is 0 Å². The van der Waals surface area contributed by atoms with Crippen LogP contribution in [0.1, 0.15) is 25.3 Å². The predicted molar refractivity (Wildman–Crippen MR) is 97.3 cm³/mol. The summed E-state index contributed by atoms with van der Waals surface area (Å²) in [5.41, 5.74) is 0.999. The molecule has 2 rings (SSSR count). The van der Waals surface area contributed by atoms with Gasteiger partial charge in [0.2, 0.25) is 11.8 Å². The summed E-state index contributed by atoms with van der Waals surface area (Å²) in [5.74, 6) is 0.896. The highest BCUT2D eigenvalue weighted by molar-refractivity contribution is 5.82. The van der Waals surface area contributed by atoms with Crippen molar-refractivity contribution >= 4 is 11.8 Å². The van der Waals surface area contributed by atoms with Crippen molar-refractivity contribution in [2.24, 2.45) is 5.92 Å². The Morgan fingerprint density at radius 2 is 2.16 bits per heavy atom. The van der Waals surface area contributed by atoms with Crippen LogP contribution in [0.15, 0.2) is 24.3 Å². The third-order valence-corrected chi connectivity index (χ3v) is 4.77. The van der Waals surface area contributed by atoms with Crippen LogP contribution in [0.5, 0.6) is 5.75 Å². The van der Waals surface area contributed by atoms with Gasteiger partial charge < -0.3 is 15.0 Å². The van der Waals surface area contributed by atoms with Crippen LogP contribution >= 0.6 is 0 Å². The highest BCUT2D eigenvalue weighted by atomic mass is 16.5. The molecular weight excluding hydrogens is 318 g/mol. The first-order chi connectivity index (χ1) is 11.9. The molecule has 25 heavy (non-hydrogen) atoms. The molecule has 0 aliphatic carbocycles. The molecule has 0 aromatic heterocycles. The molecule has 1 N–H and O–H groups in total. The zero-order chi connectivity index (χ0) is 18.4. The lowest BCUT2D eigenvalue weighted by Gasteiger charge is -2.36. The summed E-state index contributed by atoms with van der Waals surface area (Å²) in [7, 11) is 5.19. The van der Waals surface area contributed by atoms with Gasteiger partial charge in [-0.1, -0.05) is 12.1 Å². The van der Waals surface area contributed by atoms with Crippen LogP contribution < -0.4 is 10.1 Å². The summed E-state index contributed by atoms with van der Waals surface area (Å²) < 4.78 is 5.20. The summed E-state index contributed by atoms with van der Waals surface area (Å²) >= 11 is 0. The first kappa shape index (κ1) is 19.2. The van der Waals surface area contributed by atoms with Gasteiger partial charge in [-0.25, -0.2) is 0 Å². The summed E-state index contributed by atoms with van der Waals surface area (Å²) in [5, 5.41) is 2.98. The first-order valence-electron chi connectivity index (χ1n) is 8.78. The maximum Gasteiger partial charge on any atom is 0.237 e. The fraction of sp³-hybridized carbons (Fsp3) is 0.579. The highest BCUT2D eigenvalue weighted by Gasteiger charge is 2.31. The van der Waals surface area contributed by atoms with E-state index in [0.717, 1.165) is 30.7 Å². The molecule has 0 bridgehead atoms. The summed E-state index contributed by atoms with van der Waals surface area (Å²) in [6.45, 7) is 3.87. The van der Waals surface area contributed by atoms with Crippen molar-refractivity contribution in [2.75, 3.05) is 34.3 Å². The van der Waals surface area contributed by atoms with Crippen LogP contribution in [0.4, 0.5) is 0 Å². The number of ether oxygens (including phenoxy) is 1. The lowest BCUT2D eigenvalue weighted by molar-refractivity contribution is -0.137. The van der Waals surface area contributed by atoms with Gasteiger partial charge >= 0.3 is 0 Å². The third-order valence-electron chi connectivity index (χ3n) is 4.77. The molecule has 1 aromatic rings. The second-order valence-corrected chi connectivity index (χ2v) is 6.81. The second-order valence-electron chi connectivity index (χ2n) is 6.81. The molecule has 6 heteroatoms. The maximum absolute atomic E-state index is 12.5. The molecule has 6 nitrogen and oxygen atoms in total. The van der Waals surface area contributed by atoms with Gasteiger partial charge in [0.15, 0.2) is 0 Å². The van der Waals surface area contributed by atoms with E-state index in [9.17, 15) is 9.59 Å². The summed E-state index contributed by atoms with van der Waals surface area (Å²) in [6, 6.07) is 7.41. The number of hydrogen-bond acceptors (Lipinski definition) is 4. The van der Waals surface area contributed by atoms with Crippen LogP contribution in [0, 0.1) is 5.92 Å². The van der Waals surface area contributed by atoms with Gasteiger partial charge in [-0.05, 0) is 44.0 Å². The van der Waals surface area contributed by atoms with E-state index >= 15 is 0 Å². The number of nitrogens with zero attached hydrogens (tertiary/aromatic N) is 2. The number of hydrogen-bond donors (Lipinski definition) is 1. The van der Waals surface area contributed by atoms with E-state index in [2.05, 4.69) is 10.2 Å². The molecule has 0 spiro atoms. The molecule has 1 aromatic carbocycles. The van der Waals surface area contributed by atoms with Crippen molar-refractivity contribution in [3.05, 3.63) is 29.8 Å². The number of carbonyl (C=O) groups excluding carboxylic acids is 2. The van der Waals surface area contributed by atoms with Gasteiger partial charge in [-0.15, -0.1) is 0 Å². The molecule has 2 atom stereocenters. The fourth-order valence-corrected chi connectivity index (χ4v) is 3.21. The van der Waals surface area contributed by atoms with E-state index in [0.29, 0.717) is 13.1 Å². The number of rotatable bonds is 6. The minimum absolute atomic E-state index is 0.0132. The van der Waals surface area contributed by atoms with Crippen molar-refractivity contribution < 1.29 is 14.3 Å². The molecule has 1 saturated heterocycles. The van der Waals surface area contributed by atoms with Crippen LogP contribution in [0.25, 0.3) is 0 Å². The number of benzene rings is 1. The standard InChI is InChI=1S/C19H29N3O3/c1-14(22-10-6-8-16(13-22)19(24)21(2)3)18(23)20-12-15-7-5-9-17(11-15)25-4/h5,7,9,11,14,16H,6,8,10,12-13H2,1-4H3,(H,20,23). The van der Waals surface area contributed by atoms with E-state index in [4.69, 9.17) is 4.74 Å². The van der Waals surface area contributed by atoms with Gasteiger partial charge in [-0.3, -0.25) is 14.5 Å². The second kappa shape index (κ2) is 8.85. The van der Waals surface area contributed by atoms with E-state index in [1.165, 1.54) is 0 Å². The molecule has 1 heterocycles. The lowest BCUT2D eigenvalue weighted by Crippen LogP contribution is -2.51. The Balaban J connectivity index is 1.89. The van der Waals surface area contributed by atoms with Gasteiger partial charge in [0.1, 0.15) is 5.75 Å².